The van der Waals surface area contributed by atoms with Crippen LogP contribution in [0.25, 0.3) is 6.08 Å². The second kappa shape index (κ2) is 5.96. The first-order valence-corrected chi connectivity index (χ1v) is 6.20. The third kappa shape index (κ3) is 3.78. The van der Waals surface area contributed by atoms with Gasteiger partial charge in [-0.2, -0.15) is 0 Å². The molecule has 0 bridgehead atoms. The van der Waals surface area contributed by atoms with Crippen molar-refractivity contribution in [3.63, 3.8) is 0 Å². The van der Waals surface area contributed by atoms with Crippen LogP contribution in [0.4, 0.5) is 0 Å². The molecule has 6 nitrogen and oxygen atoms in total. The molecule has 98 valence electrons. The minimum absolute atomic E-state index is 0.0135. The Morgan fingerprint density at radius 2 is 2.37 bits per heavy atom. The lowest BCUT2D eigenvalue weighted by Gasteiger charge is -1.97. The van der Waals surface area contributed by atoms with E-state index in [9.17, 15) is 9.59 Å². The van der Waals surface area contributed by atoms with Crippen LogP contribution in [0.1, 0.15) is 21.3 Å². The average molecular weight is 278 g/mol. The first-order valence-electron chi connectivity index (χ1n) is 5.32. The molecule has 0 saturated carbocycles. The molecule has 0 saturated heterocycles. The van der Waals surface area contributed by atoms with E-state index in [2.05, 4.69) is 10.3 Å². The van der Waals surface area contributed by atoms with E-state index in [0.717, 1.165) is 0 Å². The zero-order chi connectivity index (χ0) is 13.7. The van der Waals surface area contributed by atoms with Crippen LogP contribution in [-0.4, -0.2) is 22.0 Å². The van der Waals surface area contributed by atoms with E-state index in [1.165, 1.54) is 29.1 Å². The van der Waals surface area contributed by atoms with Crippen molar-refractivity contribution in [3.05, 3.63) is 46.3 Å². The van der Waals surface area contributed by atoms with E-state index >= 15 is 0 Å². The number of nitrogens with one attached hydrogen (secondary N) is 1. The first kappa shape index (κ1) is 13.0. The van der Waals surface area contributed by atoms with Crippen molar-refractivity contribution in [1.82, 2.24) is 10.3 Å². The van der Waals surface area contributed by atoms with Gasteiger partial charge in [-0.1, -0.05) is 0 Å². The minimum atomic E-state index is -1.08. The van der Waals surface area contributed by atoms with Gasteiger partial charge in [0.15, 0.2) is 5.69 Å². The van der Waals surface area contributed by atoms with Crippen LogP contribution in [0.15, 0.2) is 34.3 Å². The molecule has 0 atom stereocenters. The maximum atomic E-state index is 11.5. The Morgan fingerprint density at radius 1 is 1.53 bits per heavy atom. The number of rotatable bonds is 5. The maximum Gasteiger partial charge on any atom is 0.355 e. The van der Waals surface area contributed by atoms with Crippen LogP contribution in [-0.2, 0) is 11.3 Å². The molecule has 2 heterocycles. The van der Waals surface area contributed by atoms with Crippen molar-refractivity contribution in [2.45, 2.75) is 6.54 Å². The number of aromatic nitrogens is 1. The van der Waals surface area contributed by atoms with Crippen molar-refractivity contribution in [3.8, 4) is 0 Å². The lowest BCUT2D eigenvalue weighted by molar-refractivity contribution is -0.116. The van der Waals surface area contributed by atoms with Crippen molar-refractivity contribution in [2.24, 2.45) is 0 Å². The van der Waals surface area contributed by atoms with Gasteiger partial charge in [0, 0.05) is 11.5 Å². The summed E-state index contributed by atoms with van der Waals surface area (Å²) < 4.78 is 5.03. The highest BCUT2D eigenvalue weighted by molar-refractivity contribution is 7.09. The van der Waals surface area contributed by atoms with Gasteiger partial charge in [0.05, 0.1) is 12.8 Å². The second-order valence-electron chi connectivity index (χ2n) is 3.50. The van der Waals surface area contributed by atoms with Crippen LogP contribution < -0.4 is 5.32 Å². The highest BCUT2D eigenvalue weighted by Gasteiger charge is 2.08. The summed E-state index contributed by atoms with van der Waals surface area (Å²) in [6.45, 7) is 0.194. The van der Waals surface area contributed by atoms with Crippen molar-refractivity contribution >= 4 is 29.3 Å². The van der Waals surface area contributed by atoms with Gasteiger partial charge in [0.1, 0.15) is 10.8 Å². The van der Waals surface area contributed by atoms with Gasteiger partial charge in [-0.15, -0.1) is 11.3 Å². The third-order valence-electron chi connectivity index (χ3n) is 2.13. The molecule has 2 N–H and O–H groups in total. The summed E-state index contributed by atoms with van der Waals surface area (Å²) in [5.41, 5.74) is -0.0135. The van der Waals surface area contributed by atoms with Crippen molar-refractivity contribution in [1.29, 1.82) is 0 Å². The number of hydrogen-bond acceptors (Lipinski definition) is 5. The number of amides is 1. The summed E-state index contributed by atoms with van der Waals surface area (Å²) >= 11 is 1.19. The van der Waals surface area contributed by atoms with Crippen LogP contribution in [0.2, 0.25) is 0 Å². The normalized spacial score (nSPS) is 10.7. The van der Waals surface area contributed by atoms with Crippen molar-refractivity contribution in [2.75, 3.05) is 0 Å². The predicted molar refractivity (Wildman–Crippen MR) is 68.7 cm³/mol. The predicted octanol–water partition coefficient (Wildman–Crippen LogP) is 1.76. The first-order chi connectivity index (χ1) is 9.15. The van der Waals surface area contributed by atoms with Crippen LogP contribution in [0.5, 0.6) is 0 Å². The van der Waals surface area contributed by atoms with E-state index < -0.39 is 5.97 Å². The van der Waals surface area contributed by atoms with Gasteiger partial charge in [0.25, 0.3) is 0 Å². The quantitative estimate of drug-likeness (QED) is 0.813. The Hall–Kier alpha value is -2.41. The molecule has 1 amide bonds. The summed E-state index contributed by atoms with van der Waals surface area (Å²) in [5.74, 6) is -0.799. The van der Waals surface area contributed by atoms with Crippen LogP contribution in [0, 0.1) is 0 Å². The minimum Gasteiger partial charge on any atom is -0.476 e. The van der Waals surface area contributed by atoms with Gasteiger partial charge in [-0.3, -0.25) is 4.79 Å². The fourth-order valence-corrected chi connectivity index (χ4v) is 1.96. The Morgan fingerprint density at radius 3 is 3.00 bits per heavy atom. The second-order valence-corrected chi connectivity index (χ2v) is 4.44. The summed E-state index contributed by atoms with van der Waals surface area (Å²) in [5, 5.41) is 13.3. The molecule has 2 rings (SSSR count). The van der Waals surface area contributed by atoms with E-state index in [4.69, 9.17) is 9.52 Å². The van der Waals surface area contributed by atoms with Gasteiger partial charge in [-0.25, -0.2) is 9.78 Å². The van der Waals surface area contributed by atoms with Crippen LogP contribution >= 0.6 is 11.3 Å². The molecule has 0 unspecified atom stereocenters. The Bertz CT molecular complexity index is 601. The van der Waals surface area contributed by atoms with Gasteiger partial charge in [0.2, 0.25) is 5.91 Å². The van der Waals surface area contributed by atoms with E-state index in [-0.39, 0.29) is 18.1 Å². The average Bonchev–Trinajstić information content (AvgIpc) is 3.05. The lowest BCUT2D eigenvalue weighted by atomic mass is 10.4. The smallest absolute Gasteiger partial charge is 0.355 e. The molecule has 0 aliphatic carbocycles. The molecule has 0 aliphatic heterocycles. The van der Waals surface area contributed by atoms with Gasteiger partial charge >= 0.3 is 5.97 Å². The van der Waals surface area contributed by atoms with Crippen LogP contribution in [0.3, 0.4) is 0 Å². The standard InChI is InChI=1S/C12H10N2O4S/c15-10(4-3-8-2-1-5-18-8)13-6-11-14-9(7-19-11)12(16)17/h1-5,7H,6H2,(H,13,15)(H,16,17)/b4-3-. The molecule has 0 aromatic carbocycles. The topological polar surface area (TPSA) is 92.4 Å². The highest BCUT2D eigenvalue weighted by atomic mass is 32.1. The SMILES string of the molecule is O=C(/C=C\c1ccco1)NCc1nc(C(=O)O)cs1. The monoisotopic (exact) mass is 278 g/mol. The number of aromatic carboxylic acids is 1. The molecule has 0 spiro atoms. The number of carboxylic acid groups (broad SMARTS) is 1. The Labute approximate surface area is 112 Å². The number of carboxylic acids is 1. The number of nitrogens with zero attached hydrogens (tertiary/aromatic N) is 1. The number of furan rings is 1. The lowest BCUT2D eigenvalue weighted by Crippen LogP contribution is -2.20. The summed E-state index contributed by atoms with van der Waals surface area (Å²) in [7, 11) is 0. The molecule has 19 heavy (non-hydrogen) atoms. The Balaban J connectivity index is 1.84. The molecular formula is C12H10N2O4S. The zero-order valence-corrected chi connectivity index (χ0v) is 10.5. The fourth-order valence-electron chi connectivity index (χ4n) is 1.26. The van der Waals surface area contributed by atoms with E-state index in [1.54, 1.807) is 18.2 Å². The van der Waals surface area contributed by atoms with Gasteiger partial charge in [-0.05, 0) is 18.2 Å². The third-order valence-corrected chi connectivity index (χ3v) is 2.98. The van der Waals surface area contributed by atoms with Gasteiger partial charge < -0.3 is 14.8 Å². The summed E-state index contributed by atoms with van der Waals surface area (Å²) in [4.78, 5) is 25.9. The summed E-state index contributed by atoms with van der Waals surface area (Å²) in [6, 6.07) is 3.45. The maximum absolute atomic E-state index is 11.5. The number of carbonyl (C=O) groups is 2. The van der Waals surface area contributed by atoms with E-state index in [1.807, 2.05) is 0 Å². The largest absolute Gasteiger partial charge is 0.476 e. The molecule has 2 aromatic heterocycles. The summed E-state index contributed by atoms with van der Waals surface area (Å²) in [6.07, 6.45) is 4.39. The molecule has 2 aromatic rings. The number of hydrogen-bond donors (Lipinski definition) is 2. The molecular weight excluding hydrogens is 268 g/mol. The zero-order valence-electron chi connectivity index (χ0n) is 9.70. The Kier molecular flexibility index (Phi) is 4.09. The molecule has 0 fully saturated rings. The number of thiazole rings is 1. The molecule has 0 radical (unpaired) electrons. The molecule has 0 aliphatic rings. The highest BCUT2D eigenvalue weighted by Crippen LogP contribution is 2.09. The number of carbonyl (C=O) groups excluding carboxylic acids is 1. The fraction of sp³-hybridized carbons (Fsp3) is 0.0833. The van der Waals surface area contributed by atoms with E-state index in [0.29, 0.717) is 10.8 Å². The van der Waals surface area contributed by atoms with Crippen molar-refractivity contribution < 1.29 is 19.1 Å². The molecule has 7 heteroatoms.